The van der Waals surface area contributed by atoms with E-state index in [1.165, 1.54) is 15.9 Å². The summed E-state index contributed by atoms with van der Waals surface area (Å²) in [7, 11) is -3.61. The van der Waals surface area contributed by atoms with Crippen LogP contribution in [0, 0.1) is 19.7 Å². The summed E-state index contributed by atoms with van der Waals surface area (Å²) < 4.78 is 41.9. The molecule has 0 bridgehead atoms. The number of benzene rings is 3. The van der Waals surface area contributed by atoms with Gasteiger partial charge < -0.3 is 10.2 Å². The van der Waals surface area contributed by atoms with Crippen LogP contribution in [0.1, 0.15) is 34.7 Å². The molecule has 1 N–H and O–H groups in total. The number of aryl methyl sites for hydroxylation is 3. The van der Waals surface area contributed by atoms with Crippen molar-refractivity contribution in [3.8, 4) is 0 Å². The van der Waals surface area contributed by atoms with Crippen LogP contribution in [0.3, 0.4) is 0 Å². The van der Waals surface area contributed by atoms with E-state index >= 15 is 0 Å². The normalized spacial score (nSPS) is 15.4. The van der Waals surface area contributed by atoms with Gasteiger partial charge in [0.2, 0.25) is 15.9 Å². The zero-order chi connectivity index (χ0) is 27.3. The van der Waals surface area contributed by atoms with Crippen molar-refractivity contribution in [3.63, 3.8) is 0 Å². The third kappa shape index (κ3) is 6.88. The van der Waals surface area contributed by atoms with Crippen LogP contribution < -0.4 is 5.32 Å². The molecule has 4 rings (SSSR count). The van der Waals surface area contributed by atoms with Gasteiger partial charge in [0.15, 0.2) is 0 Å². The van der Waals surface area contributed by atoms with Crippen LogP contribution in [0.15, 0.2) is 76.1 Å². The molecule has 6 nitrogen and oxygen atoms in total. The van der Waals surface area contributed by atoms with Gasteiger partial charge in [0.25, 0.3) is 0 Å². The minimum absolute atomic E-state index is 0.0842. The van der Waals surface area contributed by atoms with Crippen molar-refractivity contribution in [2.75, 3.05) is 32.7 Å². The van der Waals surface area contributed by atoms with E-state index in [1.54, 1.807) is 29.2 Å². The zero-order valence-electron chi connectivity index (χ0n) is 21.7. The second kappa shape index (κ2) is 12.5. The molecule has 9 heteroatoms. The smallest absolute Gasteiger partial charge is 0.243 e. The van der Waals surface area contributed by atoms with Gasteiger partial charge in [-0.25, -0.2) is 12.8 Å². The lowest BCUT2D eigenvalue weighted by molar-refractivity contribution is -0.131. The summed E-state index contributed by atoms with van der Waals surface area (Å²) in [5.74, 6) is -0.417. The Kier molecular flexibility index (Phi) is 9.36. The Labute approximate surface area is 233 Å². The van der Waals surface area contributed by atoms with Crippen molar-refractivity contribution in [3.05, 3.63) is 99.3 Å². The molecule has 38 heavy (non-hydrogen) atoms. The number of hydrogen-bond donors (Lipinski definition) is 1. The first-order chi connectivity index (χ1) is 18.1. The van der Waals surface area contributed by atoms with Crippen molar-refractivity contribution in [2.24, 2.45) is 0 Å². The fraction of sp³-hybridized carbons (Fsp3) is 0.345. The van der Waals surface area contributed by atoms with E-state index in [-0.39, 0.29) is 42.3 Å². The first kappa shape index (κ1) is 28.4. The lowest BCUT2D eigenvalue weighted by atomic mass is 9.99. The number of piperazine rings is 1. The Morgan fingerprint density at radius 2 is 1.68 bits per heavy atom. The number of nitrogens with one attached hydrogen (secondary N) is 1. The van der Waals surface area contributed by atoms with Crippen LogP contribution in [0.5, 0.6) is 0 Å². The molecule has 0 saturated carbocycles. The van der Waals surface area contributed by atoms with Gasteiger partial charge in [0, 0.05) is 32.2 Å². The number of nitrogens with zero attached hydrogens (tertiary/aromatic N) is 2. The lowest BCUT2D eigenvalue weighted by Crippen LogP contribution is -2.52. The highest BCUT2D eigenvalue weighted by Gasteiger charge is 2.30. The molecule has 1 heterocycles. The average Bonchev–Trinajstić information content (AvgIpc) is 2.92. The fourth-order valence-electron chi connectivity index (χ4n) is 4.59. The Morgan fingerprint density at radius 3 is 2.34 bits per heavy atom. The quantitative estimate of drug-likeness (QED) is 0.375. The maximum Gasteiger partial charge on any atom is 0.243 e. The van der Waals surface area contributed by atoms with Crippen molar-refractivity contribution >= 4 is 31.9 Å². The van der Waals surface area contributed by atoms with Crippen LogP contribution in [-0.2, 0) is 21.2 Å². The minimum Gasteiger partial charge on any atom is -0.339 e. The SMILES string of the molecule is Cc1ccc(S(=O)(=O)N2CCN(C(=O)CNC(CCc3ccccc3)c3ccc(F)c(Br)c3)CC2)cc1C. The maximum absolute atomic E-state index is 13.9. The van der Waals surface area contributed by atoms with Crippen LogP contribution in [0.2, 0.25) is 0 Å². The molecule has 3 aromatic rings. The van der Waals surface area contributed by atoms with Crippen LogP contribution in [0.25, 0.3) is 0 Å². The predicted molar refractivity (Wildman–Crippen MR) is 151 cm³/mol. The first-order valence-electron chi connectivity index (χ1n) is 12.7. The molecule has 1 aliphatic heterocycles. The lowest BCUT2D eigenvalue weighted by Gasteiger charge is -2.34. The molecule has 1 amide bonds. The van der Waals surface area contributed by atoms with Crippen molar-refractivity contribution in [1.82, 2.24) is 14.5 Å². The highest BCUT2D eigenvalue weighted by molar-refractivity contribution is 9.10. The fourth-order valence-corrected chi connectivity index (χ4v) is 6.50. The number of carbonyl (C=O) groups excluding carboxylic acids is 1. The monoisotopic (exact) mass is 601 g/mol. The standard InChI is InChI=1S/C29H33BrFN3O3S/c1-21-8-11-25(18-22(21)2)38(36,37)34-16-14-33(15-17-34)29(35)20-32-28(13-9-23-6-4-3-5-7-23)24-10-12-27(31)26(30)19-24/h3-8,10-12,18-19,28,32H,9,13-17,20H2,1-2H3. The van der Waals surface area contributed by atoms with Crippen LogP contribution in [-0.4, -0.2) is 56.3 Å². The Balaban J connectivity index is 1.37. The molecule has 1 aliphatic rings. The number of carbonyl (C=O) groups is 1. The number of rotatable bonds is 9. The van der Waals surface area contributed by atoms with Crippen molar-refractivity contribution in [2.45, 2.75) is 37.6 Å². The maximum atomic E-state index is 13.9. The van der Waals surface area contributed by atoms with Gasteiger partial charge in [0.05, 0.1) is 15.9 Å². The molecular weight excluding hydrogens is 569 g/mol. The van der Waals surface area contributed by atoms with Gasteiger partial charge in [-0.15, -0.1) is 0 Å². The van der Waals surface area contributed by atoms with Gasteiger partial charge in [-0.2, -0.15) is 4.31 Å². The second-order valence-electron chi connectivity index (χ2n) is 9.66. The van der Waals surface area contributed by atoms with Crippen molar-refractivity contribution in [1.29, 1.82) is 0 Å². The summed E-state index contributed by atoms with van der Waals surface area (Å²) in [6, 6.07) is 20.0. The average molecular weight is 603 g/mol. The minimum atomic E-state index is -3.61. The molecule has 1 fully saturated rings. The summed E-state index contributed by atoms with van der Waals surface area (Å²) in [4.78, 5) is 15.1. The number of amides is 1. The highest BCUT2D eigenvalue weighted by Crippen LogP contribution is 2.25. The van der Waals surface area contributed by atoms with E-state index in [0.717, 1.165) is 29.5 Å². The summed E-state index contributed by atoms with van der Waals surface area (Å²) in [6.45, 7) is 5.13. The molecule has 0 radical (unpaired) electrons. The van der Waals surface area contributed by atoms with Gasteiger partial charge in [-0.1, -0.05) is 42.5 Å². The third-order valence-corrected chi connectivity index (χ3v) is 9.62. The number of sulfonamides is 1. The summed E-state index contributed by atoms with van der Waals surface area (Å²) in [5.41, 5.74) is 4.06. The molecule has 0 aromatic heterocycles. The van der Waals surface area contributed by atoms with Gasteiger partial charge in [0.1, 0.15) is 5.82 Å². The van der Waals surface area contributed by atoms with Gasteiger partial charge in [-0.3, -0.25) is 4.79 Å². The third-order valence-electron chi connectivity index (χ3n) is 7.12. The molecule has 1 unspecified atom stereocenters. The van der Waals surface area contributed by atoms with E-state index < -0.39 is 10.0 Å². The number of halogens is 2. The second-order valence-corrected chi connectivity index (χ2v) is 12.5. The van der Waals surface area contributed by atoms with Gasteiger partial charge >= 0.3 is 0 Å². The first-order valence-corrected chi connectivity index (χ1v) is 15.0. The molecule has 1 saturated heterocycles. The topological polar surface area (TPSA) is 69.7 Å². The summed E-state index contributed by atoms with van der Waals surface area (Å²) in [6.07, 6.45) is 1.54. The predicted octanol–water partition coefficient (Wildman–Crippen LogP) is 5.00. The van der Waals surface area contributed by atoms with Crippen LogP contribution in [0.4, 0.5) is 4.39 Å². The van der Waals surface area contributed by atoms with Gasteiger partial charge in [-0.05, 0) is 89.1 Å². The van der Waals surface area contributed by atoms with E-state index in [2.05, 4.69) is 33.4 Å². The van der Waals surface area contributed by atoms with E-state index in [0.29, 0.717) is 17.6 Å². The number of hydrogen-bond acceptors (Lipinski definition) is 4. The Hall–Kier alpha value is -2.59. The Bertz CT molecular complexity index is 1380. The molecule has 0 spiro atoms. The highest BCUT2D eigenvalue weighted by atomic mass is 79.9. The van der Waals surface area contributed by atoms with Crippen LogP contribution >= 0.6 is 15.9 Å². The largest absolute Gasteiger partial charge is 0.339 e. The summed E-state index contributed by atoms with van der Waals surface area (Å²) in [5, 5.41) is 3.36. The Morgan fingerprint density at radius 1 is 0.974 bits per heavy atom. The molecule has 202 valence electrons. The zero-order valence-corrected chi connectivity index (χ0v) is 24.1. The van der Waals surface area contributed by atoms with E-state index in [1.807, 2.05) is 38.1 Å². The molecule has 1 atom stereocenters. The molecule has 0 aliphatic carbocycles. The summed E-state index contributed by atoms with van der Waals surface area (Å²) >= 11 is 3.27. The van der Waals surface area contributed by atoms with E-state index in [9.17, 15) is 17.6 Å². The van der Waals surface area contributed by atoms with E-state index in [4.69, 9.17) is 0 Å². The van der Waals surface area contributed by atoms with Crippen molar-refractivity contribution < 1.29 is 17.6 Å². The molecule has 3 aromatic carbocycles. The molecular formula is C29H33BrFN3O3S.